The Hall–Kier alpha value is 1.20. The van der Waals surface area contributed by atoms with Gasteiger partial charge >= 0.3 is 6.16 Å². The van der Waals surface area contributed by atoms with Gasteiger partial charge in [-0.05, 0) is 73.7 Å². The normalized spacial score (nSPS) is 9.86. The highest BCUT2D eigenvalue weighted by atomic mass is 127. The summed E-state index contributed by atoms with van der Waals surface area (Å²) < 4.78 is 11.8. The van der Waals surface area contributed by atoms with E-state index in [9.17, 15) is 4.79 Å². The fourth-order valence-electron chi connectivity index (χ4n) is 0.453. The fourth-order valence-corrected chi connectivity index (χ4v) is 0.920. The van der Waals surface area contributed by atoms with E-state index in [4.69, 9.17) is 9.47 Å². The molecule has 0 fully saturated rings. The van der Waals surface area contributed by atoms with E-state index in [1.165, 1.54) is 0 Å². The molecule has 0 heterocycles. The molecule has 0 amide bonds. The summed E-state index contributed by atoms with van der Waals surface area (Å²) >= 11 is 6.49. The molecule has 0 rings (SSSR count). The molecule has 0 aliphatic heterocycles. The third-order valence-corrected chi connectivity index (χ3v) is 5.27. The summed E-state index contributed by atoms with van der Waals surface area (Å²) in [6.45, 7) is 4.65. The highest BCUT2D eigenvalue weighted by Gasteiger charge is 2.06. The van der Waals surface area contributed by atoms with Crippen molar-refractivity contribution in [1.29, 1.82) is 0 Å². The second-order valence-electron chi connectivity index (χ2n) is 2.91. The van der Waals surface area contributed by atoms with E-state index < -0.39 is 6.16 Å². The Morgan fingerprint density at radius 1 is 1.21 bits per heavy atom. The van der Waals surface area contributed by atoms with Gasteiger partial charge in [0.25, 0.3) is 0 Å². The fraction of sp³-hybridized carbons (Fsp3) is 0.625. The molecule has 0 radical (unpaired) electrons. The Morgan fingerprint density at radius 2 is 1.79 bits per heavy atom. The van der Waals surface area contributed by atoms with Crippen LogP contribution in [-0.4, -0.2) is 19.4 Å². The molecule has 0 saturated carbocycles. The maximum atomic E-state index is 11.0. The first-order chi connectivity index (χ1) is 6.43. The molecule has 0 aromatic rings. The maximum absolute atomic E-state index is 11.0. The topological polar surface area (TPSA) is 35.5 Å². The minimum Gasteiger partial charge on any atom is -0.434 e. The van der Waals surface area contributed by atoms with Crippen molar-refractivity contribution >= 4 is 73.9 Å². The zero-order chi connectivity index (χ0) is 11.1. The second-order valence-corrected chi connectivity index (χ2v) is 8.43. The lowest BCUT2D eigenvalue weighted by molar-refractivity contribution is 0.0548. The zero-order valence-electron chi connectivity index (χ0n) is 7.85. The minimum atomic E-state index is -0.595. The summed E-state index contributed by atoms with van der Waals surface area (Å²) in [5.74, 6) is 0.335. The van der Waals surface area contributed by atoms with Gasteiger partial charge in [-0.25, -0.2) is 4.79 Å². The summed E-state index contributed by atoms with van der Waals surface area (Å²) in [6.07, 6.45) is -0.595. The van der Waals surface area contributed by atoms with E-state index in [-0.39, 0.29) is 0 Å². The standard InChI is InChI=1S/C8H11I3O3/c1-5(2)3-13-8(12)14-4-6(9)7(10)11/h5H,3-4H2,1-2H3. The molecule has 0 aliphatic rings. The quantitative estimate of drug-likeness (QED) is 0.398. The molecule has 3 nitrogen and oxygen atoms in total. The molecule has 6 heteroatoms. The summed E-state index contributed by atoms with van der Waals surface area (Å²) in [5, 5.41) is 0. The van der Waals surface area contributed by atoms with Gasteiger partial charge in [0, 0.05) is 3.58 Å². The minimum absolute atomic E-state index is 0.290. The van der Waals surface area contributed by atoms with Gasteiger partial charge in [0.05, 0.1) is 8.19 Å². The van der Waals surface area contributed by atoms with Gasteiger partial charge in [-0.3, -0.25) is 0 Å². The molecule has 0 aromatic carbocycles. The molecule has 0 N–H and O–H groups in total. The molecular formula is C8H11I3O3. The molecular weight excluding hydrogens is 525 g/mol. The third-order valence-electron chi connectivity index (χ3n) is 1.06. The number of hydrogen-bond donors (Lipinski definition) is 0. The van der Waals surface area contributed by atoms with Crippen LogP contribution in [0.4, 0.5) is 4.79 Å². The Labute approximate surface area is 125 Å². The van der Waals surface area contributed by atoms with Crippen LogP contribution in [0.2, 0.25) is 0 Å². The highest BCUT2D eigenvalue weighted by Crippen LogP contribution is 2.25. The van der Waals surface area contributed by atoms with Crippen LogP contribution in [0, 0.1) is 5.92 Å². The van der Waals surface area contributed by atoms with E-state index in [0.29, 0.717) is 19.1 Å². The molecule has 0 bridgehead atoms. The van der Waals surface area contributed by atoms with Crippen molar-refractivity contribution in [3.63, 3.8) is 0 Å². The predicted molar refractivity (Wildman–Crippen MR) is 81.2 cm³/mol. The number of hydrogen-bond acceptors (Lipinski definition) is 3. The summed E-state index contributed by atoms with van der Waals surface area (Å²) in [6, 6.07) is 0. The molecule has 0 unspecified atom stereocenters. The van der Waals surface area contributed by atoms with Gasteiger partial charge in [0.15, 0.2) is 0 Å². The van der Waals surface area contributed by atoms with Gasteiger partial charge in [-0.1, -0.05) is 13.8 Å². The number of carbonyl (C=O) groups is 1. The molecule has 0 spiro atoms. The smallest absolute Gasteiger partial charge is 0.434 e. The number of halogens is 3. The Bertz CT molecular complexity index is 222. The van der Waals surface area contributed by atoms with Crippen LogP contribution in [0.3, 0.4) is 0 Å². The third kappa shape index (κ3) is 8.50. The van der Waals surface area contributed by atoms with Crippen molar-refractivity contribution in [2.45, 2.75) is 13.8 Å². The van der Waals surface area contributed by atoms with E-state index in [0.717, 1.165) is 5.17 Å². The summed E-state index contributed by atoms with van der Waals surface area (Å²) in [5.41, 5.74) is 0. The Morgan fingerprint density at radius 3 is 2.21 bits per heavy atom. The Kier molecular flexibility index (Phi) is 9.08. The van der Waals surface area contributed by atoms with Gasteiger partial charge in [0.2, 0.25) is 0 Å². The van der Waals surface area contributed by atoms with Gasteiger partial charge in [-0.2, -0.15) is 0 Å². The van der Waals surface area contributed by atoms with Gasteiger partial charge in [-0.15, -0.1) is 0 Å². The predicted octanol–water partition coefficient (Wildman–Crippen LogP) is 4.27. The first-order valence-electron chi connectivity index (χ1n) is 3.92. The lowest BCUT2D eigenvalue weighted by Gasteiger charge is -2.07. The van der Waals surface area contributed by atoms with E-state index >= 15 is 0 Å². The summed E-state index contributed by atoms with van der Waals surface area (Å²) in [4.78, 5) is 11.0. The van der Waals surface area contributed by atoms with Crippen LogP contribution in [0.25, 0.3) is 0 Å². The zero-order valence-corrected chi connectivity index (χ0v) is 14.3. The first-order valence-corrected chi connectivity index (χ1v) is 7.16. The molecule has 0 aliphatic carbocycles. The van der Waals surface area contributed by atoms with Gasteiger partial charge < -0.3 is 9.47 Å². The number of rotatable bonds is 4. The summed E-state index contributed by atoms with van der Waals surface area (Å²) in [7, 11) is 0. The van der Waals surface area contributed by atoms with Crippen LogP contribution in [-0.2, 0) is 9.47 Å². The monoisotopic (exact) mass is 536 g/mol. The van der Waals surface area contributed by atoms with Crippen LogP contribution in [0.5, 0.6) is 0 Å². The average molecular weight is 536 g/mol. The van der Waals surface area contributed by atoms with Crippen LogP contribution < -0.4 is 0 Å². The highest BCUT2D eigenvalue weighted by molar-refractivity contribution is 14.2. The van der Waals surface area contributed by atoms with Gasteiger partial charge in [0.1, 0.15) is 6.61 Å². The van der Waals surface area contributed by atoms with E-state index in [1.807, 2.05) is 13.8 Å². The Balaban J connectivity index is 3.70. The largest absolute Gasteiger partial charge is 0.508 e. The molecule has 0 aromatic heterocycles. The first kappa shape index (κ1) is 15.2. The van der Waals surface area contributed by atoms with Crippen molar-refractivity contribution in [2.75, 3.05) is 13.2 Å². The van der Waals surface area contributed by atoms with Crippen molar-refractivity contribution in [2.24, 2.45) is 5.92 Å². The average Bonchev–Trinajstić information content (AvgIpc) is 2.10. The second kappa shape index (κ2) is 8.36. The van der Waals surface area contributed by atoms with Crippen LogP contribution in [0.1, 0.15) is 13.8 Å². The number of carbonyl (C=O) groups excluding carboxylic acids is 1. The van der Waals surface area contributed by atoms with Crippen molar-refractivity contribution in [1.82, 2.24) is 0 Å². The van der Waals surface area contributed by atoms with Crippen molar-refractivity contribution in [3.8, 4) is 0 Å². The SMILES string of the molecule is CC(C)COC(=O)OCC(I)=C(I)I. The van der Waals surface area contributed by atoms with Crippen LogP contribution >= 0.6 is 67.8 Å². The molecule has 14 heavy (non-hydrogen) atoms. The lowest BCUT2D eigenvalue weighted by Crippen LogP contribution is -2.12. The van der Waals surface area contributed by atoms with E-state index in [1.54, 1.807) is 0 Å². The molecule has 0 atom stereocenters. The van der Waals surface area contributed by atoms with E-state index in [2.05, 4.69) is 67.8 Å². The van der Waals surface area contributed by atoms with Crippen molar-refractivity contribution in [3.05, 3.63) is 5.17 Å². The lowest BCUT2D eigenvalue weighted by atomic mass is 10.2. The van der Waals surface area contributed by atoms with Crippen LogP contribution in [0.15, 0.2) is 5.17 Å². The van der Waals surface area contributed by atoms with Crippen molar-refractivity contribution < 1.29 is 14.3 Å². The maximum Gasteiger partial charge on any atom is 0.508 e. The molecule has 82 valence electrons. The number of ether oxygens (including phenoxy) is 2. The molecule has 0 saturated heterocycles.